The number of nitrogens with one attached hydrogen (secondary N) is 1. The molecule has 2 amide bonds. The van der Waals surface area contributed by atoms with E-state index in [1.54, 1.807) is 36.9 Å². The molecule has 1 N–H and O–H groups in total. The van der Waals surface area contributed by atoms with E-state index < -0.39 is 12.1 Å². The molecule has 0 unspecified atom stereocenters. The van der Waals surface area contributed by atoms with E-state index in [9.17, 15) is 9.59 Å². The quantitative estimate of drug-likeness (QED) is 0.856. The molecule has 7 nitrogen and oxygen atoms in total. The number of hydrogen-bond donors (Lipinski definition) is 1. The maximum atomic E-state index is 12.8. The molecular weight excluding hydrogens is 379 g/mol. The zero-order valence-corrected chi connectivity index (χ0v) is 15.8. The summed E-state index contributed by atoms with van der Waals surface area (Å²) in [5.74, 6) is 0.305. The van der Waals surface area contributed by atoms with Crippen LogP contribution in [0, 0.1) is 6.92 Å². The monoisotopic (exact) mass is 396 g/mol. The average Bonchev–Trinajstić information content (AvgIpc) is 3.22. The van der Waals surface area contributed by atoms with Crippen molar-refractivity contribution >= 4 is 35.0 Å². The topological polar surface area (TPSA) is 88.3 Å². The first-order chi connectivity index (χ1) is 12.3. The first-order valence-electron chi connectivity index (χ1n) is 8.23. The molecule has 1 aromatic heterocycles. The lowest BCUT2D eigenvalue weighted by atomic mass is 10.1. The van der Waals surface area contributed by atoms with Crippen LogP contribution in [-0.2, 0) is 4.79 Å². The lowest BCUT2D eigenvalue weighted by molar-refractivity contribution is -0.125. The molecule has 1 aromatic carbocycles. The van der Waals surface area contributed by atoms with Crippen LogP contribution in [0.15, 0.2) is 22.7 Å². The summed E-state index contributed by atoms with van der Waals surface area (Å²) in [6.07, 6.45) is 1.33. The first kappa shape index (κ1) is 18.7. The number of halogens is 2. The van der Waals surface area contributed by atoms with Crippen LogP contribution in [0.3, 0.4) is 0 Å². The minimum Gasteiger partial charge on any atom is -0.344 e. The number of nitrogens with zero attached hydrogens (tertiary/aromatic N) is 3. The van der Waals surface area contributed by atoms with Gasteiger partial charge in [-0.25, -0.2) is 0 Å². The molecule has 9 heteroatoms. The van der Waals surface area contributed by atoms with Crippen LogP contribution in [0.4, 0.5) is 0 Å². The SMILES string of the molecule is Cc1nc([C@@H](C)NC(=O)[C@@H]2CCCN2C(=O)c2cc(Cl)cc(Cl)c2)no1. The largest absolute Gasteiger partial charge is 0.344 e. The number of rotatable bonds is 4. The van der Waals surface area contributed by atoms with E-state index >= 15 is 0 Å². The summed E-state index contributed by atoms with van der Waals surface area (Å²) in [6, 6.07) is 3.68. The number of amides is 2. The maximum Gasteiger partial charge on any atom is 0.254 e. The number of aryl methyl sites for hydroxylation is 1. The third kappa shape index (κ3) is 3.99. The third-order valence-corrected chi connectivity index (χ3v) is 4.65. The van der Waals surface area contributed by atoms with Gasteiger partial charge < -0.3 is 14.7 Å². The lowest BCUT2D eigenvalue weighted by Gasteiger charge is -2.25. The highest BCUT2D eigenvalue weighted by atomic mass is 35.5. The first-order valence-corrected chi connectivity index (χ1v) is 8.98. The zero-order chi connectivity index (χ0) is 18.8. The minimum atomic E-state index is -0.560. The molecule has 1 fully saturated rings. The Balaban J connectivity index is 1.72. The highest BCUT2D eigenvalue weighted by Crippen LogP contribution is 2.25. The van der Waals surface area contributed by atoms with Gasteiger partial charge in [-0.2, -0.15) is 4.98 Å². The van der Waals surface area contributed by atoms with E-state index in [2.05, 4.69) is 15.5 Å². The van der Waals surface area contributed by atoms with Crippen LogP contribution < -0.4 is 5.32 Å². The molecule has 2 aromatic rings. The summed E-state index contributed by atoms with van der Waals surface area (Å²) in [4.78, 5) is 31.1. The van der Waals surface area contributed by atoms with Crippen molar-refractivity contribution in [3.8, 4) is 0 Å². The van der Waals surface area contributed by atoms with E-state index in [1.165, 1.54) is 0 Å². The Kier molecular flexibility index (Phi) is 5.48. The van der Waals surface area contributed by atoms with E-state index in [0.717, 1.165) is 6.42 Å². The van der Waals surface area contributed by atoms with E-state index in [0.29, 0.717) is 40.3 Å². The molecule has 0 spiro atoms. The smallest absolute Gasteiger partial charge is 0.254 e. The molecule has 0 saturated carbocycles. The van der Waals surface area contributed by atoms with Gasteiger partial charge >= 0.3 is 0 Å². The van der Waals surface area contributed by atoms with Crippen LogP contribution in [0.2, 0.25) is 10.0 Å². The second-order valence-electron chi connectivity index (χ2n) is 6.22. The Bertz CT molecular complexity index is 819. The number of aromatic nitrogens is 2. The Hall–Kier alpha value is -2.12. The van der Waals surface area contributed by atoms with Crippen molar-refractivity contribution in [2.75, 3.05) is 6.54 Å². The Morgan fingerprint density at radius 1 is 1.31 bits per heavy atom. The summed E-state index contributed by atoms with van der Waals surface area (Å²) in [7, 11) is 0. The predicted octanol–water partition coefficient (Wildman–Crippen LogP) is 3.17. The average molecular weight is 397 g/mol. The molecule has 2 atom stereocenters. The van der Waals surface area contributed by atoms with Crippen molar-refractivity contribution in [2.45, 2.75) is 38.8 Å². The molecule has 0 radical (unpaired) electrons. The van der Waals surface area contributed by atoms with E-state index in [-0.39, 0.29) is 11.8 Å². The highest BCUT2D eigenvalue weighted by molar-refractivity contribution is 6.35. The number of hydrogen-bond acceptors (Lipinski definition) is 5. The molecule has 1 aliphatic heterocycles. The van der Waals surface area contributed by atoms with Gasteiger partial charge in [-0.15, -0.1) is 0 Å². The normalized spacial score (nSPS) is 18.0. The van der Waals surface area contributed by atoms with Crippen LogP contribution in [0.1, 0.15) is 47.9 Å². The highest BCUT2D eigenvalue weighted by Gasteiger charge is 2.35. The summed E-state index contributed by atoms with van der Waals surface area (Å²) < 4.78 is 4.93. The molecule has 1 saturated heterocycles. The second-order valence-corrected chi connectivity index (χ2v) is 7.09. The van der Waals surface area contributed by atoms with Crippen molar-refractivity contribution in [1.82, 2.24) is 20.4 Å². The van der Waals surface area contributed by atoms with E-state index in [1.807, 2.05) is 0 Å². The van der Waals surface area contributed by atoms with Crippen molar-refractivity contribution in [3.05, 3.63) is 45.5 Å². The molecule has 26 heavy (non-hydrogen) atoms. The summed E-state index contributed by atoms with van der Waals surface area (Å²) in [5, 5.41) is 7.40. The maximum absolute atomic E-state index is 12.8. The molecule has 0 aliphatic carbocycles. The van der Waals surface area contributed by atoms with Crippen molar-refractivity contribution < 1.29 is 14.1 Å². The van der Waals surface area contributed by atoms with Gasteiger partial charge in [0.2, 0.25) is 11.8 Å². The third-order valence-electron chi connectivity index (χ3n) is 4.22. The van der Waals surface area contributed by atoms with Gasteiger partial charge in [0.05, 0.1) is 6.04 Å². The fraction of sp³-hybridized carbons (Fsp3) is 0.412. The van der Waals surface area contributed by atoms with Gasteiger partial charge in [-0.1, -0.05) is 28.4 Å². The Morgan fingerprint density at radius 3 is 2.62 bits per heavy atom. The summed E-state index contributed by atoms with van der Waals surface area (Å²) >= 11 is 12.0. The van der Waals surface area contributed by atoms with Gasteiger partial charge in [0.1, 0.15) is 6.04 Å². The van der Waals surface area contributed by atoms with Crippen molar-refractivity contribution in [1.29, 1.82) is 0 Å². The Morgan fingerprint density at radius 2 is 2.00 bits per heavy atom. The van der Waals surface area contributed by atoms with E-state index in [4.69, 9.17) is 27.7 Å². The molecule has 0 bridgehead atoms. The standard InChI is InChI=1S/C17H18Cl2N4O3/c1-9(15-21-10(2)26-22-15)20-16(24)14-4-3-5-23(14)17(25)11-6-12(18)8-13(19)7-11/h6-9,14H,3-5H2,1-2H3,(H,20,24)/t9-,14+/m1/s1. The van der Waals surface area contributed by atoms with Crippen LogP contribution in [0.25, 0.3) is 0 Å². The van der Waals surface area contributed by atoms with Crippen molar-refractivity contribution in [2.24, 2.45) is 0 Å². The molecule has 2 heterocycles. The van der Waals surface area contributed by atoms with Crippen LogP contribution in [-0.4, -0.2) is 39.4 Å². The minimum absolute atomic E-state index is 0.251. The Labute approximate surface area is 160 Å². The molecule has 138 valence electrons. The zero-order valence-electron chi connectivity index (χ0n) is 14.3. The second kappa shape index (κ2) is 7.63. The molecule has 3 rings (SSSR count). The van der Waals surface area contributed by atoms with Gasteiger partial charge in [0.25, 0.3) is 5.91 Å². The predicted molar refractivity (Wildman–Crippen MR) is 96.1 cm³/mol. The number of likely N-dealkylation sites (tertiary alicyclic amines) is 1. The van der Waals surface area contributed by atoms with Crippen LogP contribution in [0.5, 0.6) is 0 Å². The number of carbonyl (C=O) groups excluding carboxylic acids is 2. The van der Waals surface area contributed by atoms with Gasteiger partial charge in [0, 0.05) is 29.1 Å². The number of benzene rings is 1. The fourth-order valence-corrected chi connectivity index (χ4v) is 3.52. The molecule has 1 aliphatic rings. The number of carbonyl (C=O) groups is 2. The van der Waals surface area contributed by atoms with Gasteiger partial charge in [-0.05, 0) is 38.0 Å². The van der Waals surface area contributed by atoms with Gasteiger partial charge in [0.15, 0.2) is 5.82 Å². The summed E-state index contributed by atoms with van der Waals surface area (Å²) in [5.41, 5.74) is 0.365. The lowest BCUT2D eigenvalue weighted by Crippen LogP contribution is -2.46. The van der Waals surface area contributed by atoms with Crippen LogP contribution >= 0.6 is 23.2 Å². The summed E-state index contributed by atoms with van der Waals surface area (Å²) in [6.45, 7) is 3.94. The molecular formula is C17H18Cl2N4O3. The van der Waals surface area contributed by atoms with Gasteiger partial charge in [-0.3, -0.25) is 9.59 Å². The van der Waals surface area contributed by atoms with Crippen molar-refractivity contribution in [3.63, 3.8) is 0 Å². The fourth-order valence-electron chi connectivity index (χ4n) is 2.99.